The van der Waals surface area contributed by atoms with Crippen LogP contribution in [0.1, 0.15) is 42.6 Å². The monoisotopic (exact) mass is 591 g/mol. The molecule has 0 saturated carbocycles. The third-order valence-electron chi connectivity index (χ3n) is 5.53. The number of carboxylic acid groups (broad SMARTS) is 1. The van der Waals surface area contributed by atoms with E-state index in [4.69, 9.17) is 14.1 Å². The van der Waals surface area contributed by atoms with Gasteiger partial charge in [-0.15, -0.1) is 23.7 Å². The summed E-state index contributed by atoms with van der Waals surface area (Å²) in [4.78, 5) is 20.6. The molecule has 1 unspecified atom stereocenters. The van der Waals surface area contributed by atoms with Gasteiger partial charge in [0.15, 0.2) is 5.60 Å². The van der Waals surface area contributed by atoms with Crippen LogP contribution in [0.5, 0.6) is 5.75 Å². The second-order valence-corrected chi connectivity index (χ2v) is 10.3. The molecule has 4 rings (SSSR count). The predicted octanol–water partition coefficient (Wildman–Crippen LogP) is 6.61. The minimum Gasteiger partial charge on any atom is -0.478 e. The molecular formula is C26H27BrClN3O4S. The molecule has 0 radical (unpaired) electrons. The summed E-state index contributed by atoms with van der Waals surface area (Å²) < 4.78 is 12.5. The zero-order valence-corrected chi connectivity index (χ0v) is 23.2. The minimum atomic E-state index is -1.29. The Hall–Kier alpha value is -2.72. The summed E-state index contributed by atoms with van der Waals surface area (Å²) in [5, 5.41) is 14.9. The van der Waals surface area contributed by atoms with Crippen molar-refractivity contribution in [3.63, 3.8) is 0 Å². The molecule has 0 fully saturated rings. The van der Waals surface area contributed by atoms with Crippen LogP contribution in [0, 0.1) is 6.92 Å². The first-order valence-corrected chi connectivity index (χ1v) is 12.8. The molecule has 2 aromatic carbocycles. The SMILES string of the molecule is Cc1oc(-c2cccc(Br)c2)nc1CC(NCc1ccc(OC(C)(C)C(=O)O)cc1)c1cscn1.Cl. The van der Waals surface area contributed by atoms with Gasteiger partial charge in [-0.1, -0.05) is 34.1 Å². The van der Waals surface area contributed by atoms with E-state index in [0.717, 1.165) is 32.7 Å². The average Bonchev–Trinajstić information content (AvgIpc) is 3.47. The highest BCUT2D eigenvalue weighted by atomic mass is 79.9. The van der Waals surface area contributed by atoms with Gasteiger partial charge in [0.2, 0.25) is 5.89 Å². The van der Waals surface area contributed by atoms with E-state index < -0.39 is 11.6 Å². The molecule has 7 nitrogen and oxygen atoms in total. The molecule has 2 N–H and O–H groups in total. The molecule has 1 atom stereocenters. The maximum absolute atomic E-state index is 11.3. The van der Waals surface area contributed by atoms with Crippen LogP contribution in [0.2, 0.25) is 0 Å². The molecule has 0 aliphatic heterocycles. The molecule has 4 aromatic rings. The van der Waals surface area contributed by atoms with E-state index in [9.17, 15) is 9.90 Å². The highest BCUT2D eigenvalue weighted by molar-refractivity contribution is 9.10. The van der Waals surface area contributed by atoms with Crippen molar-refractivity contribution in [2.45, 2.75) is 45.4 Å². The normalized spacial score (nSPS) is 12.1. The molecular weight excluding hydrogens is 566 g/mol. The van der Waals surface area contributed by atoms with Crippen LogP contribution in [-0.4, -0.2) is 26.6 Å². The van der Waals surface area contributed by atoms with Gasteiger partial charge in [0.1, 0.15) is 11.5 Å². The lowest BCUT2D eigenvalue weighted by Gasteiger charge is -2.21. The second-order valence-electron chi connectivity index (χ2n) is 8.64. The highest BCUT2D eigenvalue weighted by Gasteiger charge is 2.29. The first-order valence-electron chi connectivity index (χ1n) is 11.1. The summed E-state index contributed by atoms with van der Waals surface area (Å²) in [6.07, 6.45) is 0.626. The number of halogens is 2. The Morgan fingerprint density at radius 1 is 1.25 bits per heavy atom. The van der Waals surface area contributed by atoms with Crippen molar-refractivity contribution in [2.24, 2.45) is 0 Å². The van der Waals surface area contributed by atoms with Crippen molar-refractivity contribution in [3.8, 4) is 17.2 Å². The fourth-order valence-corrected chi connectivity index (χ4v) is 4.49. The van der Waals surface area contributed by atoms with Crippen LogP contribution in [0.4, 0.5) is 0 Å². The smallest absolute Gasteiger partial charge is 0.347 e. The fourth-order valence-electron chi connectivity index (χ4n) is 3.49. The van der Waals surface area contributed by atoms with Crippen LogP contribution < -0.4 is 10.1 Å². The van der Waals surface area contributed by atoms with Gasteiger partial charge in [-0.3, -0.25) is 0 Å². The molecule has 2 aromatic heterocycles. The third-order valence-corrected chi connectivity index (χ3v) is 6.63. The molecule has 190 valence electrons. The van der Waals surface area contributed by atoms with Crippen LogP contribution in [0.3, 0.4) is 0 Å². The standard InChI is InChI=1S/C26H26BrN3O4S.ClH/c1-16-21(30-24(33-16)18-5-4-6-19(27)11-18)12-22(23-14-35-15-29-23)28-13-17-7-9-20(10-8-17)34-26(2,3)25(31)32;/h4-11,14-15,22,28H,12-13H2,1-3H3,(H,31,32);1H. The van der Waals surface area contributed by atoms with Crippen molar-refractivity contribution < 1.29 is 19.1 Å². The number of thiazole rings is 1. The Balaban J connectivity index is 0.00000361. The maximum Gasteiger partial charge on any atom is 0.347 e. The number of rotatable bonds is 10. The molecule has 0 saturated heterocycles. The van der Waals surface area contributed by atoms with Crippen LogP contribution in [-0.2, 0) is 17.8 Å². The minimum absolute atomic E-state index is 0. The van der Waals surface area contributed by atoms with E-state index in [2.05, 4.69) is 26.2 Å². The van der Waals surface area contributed by atoms with Crippen molar-refractivity contribution in [3.05, 3.63) is 86.6 Å². The van der Waals surface area contributed by atoms with Crippen LogP contribution in [0.25, 0.3) is 11.5 Å². The summed E-state index contributed by atoms with van der Waals surface area (Å²) in [6.45, 7) is 5.58. The molecule has 0 bridgehead atoms. The number of ether oxygens (including phenoxy) is 1. The van der Waals surface area contributed by atoms with E-state index in [1.54, 1.807) is 23.5 Å². The van der Waals surface area contributed by atoms with Gasteiger partial charge in [0.05, 0.1) is 22.9 Å². The number of aliphatic carboxylic acids is 1. The molecule has 2 heterocycles. The zero-order valence-electron chi connectivity index (χ0n) is 20.0. The number of benzene rings is 2. The number of nitrogens with zero attached hydrogens (tertiary/aromatic N) is 2. The van der Waals surface area contributed by atoms with Crippen molar-refractivity contribution >= 4 is 45.6 Å². The number of hydrogen-bond donors (Lipinski definition) is 2. The number of aryl methyl sites for hydroxylation is 1. The lowest BCUT2D eigenvalue weighted by Crippen LogP contribution is -2.37. The lowest BCUT2D eigenvalue weighted by atomic mass is 10.1. The molecule has 0 aliphatic rings. The van der Waals surface area contributed by atoms with Crippen LogP contribution >= 0.6 is 39.7 Å². The molecule has 0 spiro atoms. The summed E-state index contributed by atoms with van der Waals surface area (Å²) in [6, 6.07) is 15.2. The number of carbonyl (C=O) groups is 1. The maximum atomic E-state index is 11.3. The van der Waals surface area contributed by atoms with Gasteiger partial charge >= 0.3 is 5.97 Å². The first kappa shape index (κ1) is 27.9. The quantitative estimate of drug-likeness (QED) is 0.214. The van der Waals surface area contributed by atoms with E-state index >= 15 is 0 Å². The van der Waals surface area contributed by atoms with Crippen molar-refractivity contribution in [1.29, 1.82) is 0 Å². The molecule has 10 heteroatoms. The van der Waals surface area contributed by atoms with Gasteiger partial charge in [-0.25, -0.2) is 14.8 Å². The number of oxazole rings is 1. The predicted molar refractivity (Wildman–Crippen MR) is 146 cm³/mol. The van der Waals surface area contributed by atoms with E-state index in [1.165, 1.54) is 13.8 Å². The van der Waals surface area contributed by atoms with E-state index in [1.807, 2.05) is 54.2 Å². The van der Waals surface area contributed by atoms with E-state index in [0.29, 0.717) is 24.6 Å². The Morgan fingerprint density at radius 2 is 2.00 bits per heavy atom. The number of aromatic nitrogens is 2. The lowest BCUT2D eigenvalue weighted by molar-refractivity contribution is -0.152. The number of hydrogen-bond acceptors (Lipinski definition) is 7. The summed E-state index contributed by atoms with van der Waals surface area (Å²) in [5.41, 5.74) is 4.31. The van der Waals surface area contributed by atoms with Crippen molar-refractivity contribution in [1.82, 2.24) is 15.3 Å². The molecule has 0 amide bonds. The number of nitrogens with one attached hydrogen (secondary N) is 1. The van der Waals surface area contributed by atoms with Gasteiger partial charge in [0.25, 0.3) is 0 Å². The fraction of sp³-hybridized carbons (Fsp3) is 0.269. The van der Waals surface area contributed by atoms with E-state index in [-0.39, 0.29) is 18.4 Å². The zero-order chi connectivity index (χ0) is 25.0. The van der Waals surface area contributed by atoms with Crippen molar-refractivity contribution in [2.75, 3.05) is 0 Å². The van der Waals surface area contributed by atoms with Gasteiger partial charge in [-0.05, 0) is 56.7 Å². The van der Waals surface area contributed by atoms with Gasteiger partial charge in [0, 0.05) is 28.4 Å². The Bertz CT molecular complexity index is 1290. The van der Waals surface area contributed by atoms with Gasteiger partial charge < -0.3 is 19.6 Å². The average molecular weight is 593 g/mol. The van der Waals surface area contributed by atoms with Gasteiger partial charge in [-0.2, -0.15) is 0 Å². The Kier molecular flexibility index (Phi) is 9.30. The summed E-state index contributed by atoms with van der Waals surface area (Å²) in [5.74, 6) is 0.872. The highest BCUT2D eigenvalue weighted by Crippen LogP contribution is 2.27. The van der Waals surface area contributed by atoms with Crippen LogP contribution in [0.15, 0.2) is 68.3 Å². The Labute approximate surface area is 228 Å². The summed E-state index contributed by atoms with van der Waals surface area (Å²) >= 11 is 5.05. The Morgan fingerprint density at radius 3 is 2.64 bits per heavy atom. The second kappa shape index (κ2) is 12.0. The molecule has 36 heavy (non-hydrogen) atoms. The summed E-state index contributed by atoms with van der Waals surface area (Å²) in [7, 11) is 0. The molecule has 0 aliphatic carbocycles. The first-order chi connectivity index (χ1) is 16.7. The third kappa shape index (κ3) is 6.94. The largest absolute Gasteiger partial charge is 0.478 e. The topological polar surface area (TPSA) is 97.5 Å². The number of carboxylic acids is 1.